The van der Waals surface area contributed by atoms with Crippen LogP contribution in [0, 0.1) is 11.2 Å². The summed E-state index contributed by atoms with van der Waals surface area (Å²) in [4.78, 5) is 1.96. The van der Waals surface area contributed by atoms with Crippen molar-refractivity contribution in [3.05, 3.63) is 52.1 Å². The number of nitrogens with zero attached hydrogens (tertiary/aromatic N) is 1. The quantitative estimate of drug-likeness (QED) is 0.481. The minimum atomic E-state index is -0.476. The van der Waals surface area contributed by atoms with Crippen LogP contribution in [0.1, 0.15) is 13.8 Å². The van der Waals surface area contributed by atoms with Crippen LogP contribution in [0.5, 0.6) is 0 Å². The van der Waals surface area contributed by atoms with Gasteiger partial charge in [-0.05, 0) is 48.0 Å². The Balaban J connectivity index is 1.92. The monoisotopic (exact) mass is 430 g/mol. The van der Waals surface area contributed by atoms with Gasteiger partial charge >= 0.3 is 0 Å². The fourth-order valence-corrected chi connectivity index (χ4v) is 3.06. The standard InChI is InChI=1S/C17H21BrClFN4O/c1-10-8-24(9-11(2)25-10)17(21)14(18)7-22-12(3)23-13-4-5-16(20)15(19)6-13/h4-7,10-11,21-23H,3,8-9H2,1-2H3. The van der Waals surface area contributed by atoms with E-state index in [4.69, 9.17) is 21.7 Å². The molecule has 0 bridgehead atoms. The summed E-state index contributed by atoms with van der Waals surface area (Å²) >= 11 is 9.15. The first-order chi connectivity index (χ1) is 11.8. The van der Waals surface area contributed by atoms with Crippen LogP contribution in [-0.4, -0.2) is 36.0 Å². The van der Waals surface area contributed by atoms with Crippen molar-refractivity contribution in [2.24, 2.45) is 0 Å². The van der Waals surface area contributed by atoms with Crippen molar-refractivity contribution in [2.75, 3.05) is 18.4 Å². The maximum Gasteiger partial charge on any atom is 0.141 e. The highest BCUT2D eigenvalue weighted by Gasteiger charge is 2.24. The summed E-state index contributed by atoms with van der Waals surface area (Å²) in [5, 5.41) is 14.3. The summed E-state index contributed by atoms with van der Waals surface area (Å²) in [5.74, 6) is 0.360. The van der Waals surface area contributed by atoms with E-state index in [9.17, 15) is 4.39 Å². The lowest BCUT2D eigenvalue weighted by molar-refractivity contribution is -0.0480. The van der Waals surface area contributed by atoms with E-state index in [-0.39, 0.29) is 17.2 Å². The molecular weight excluding hydrogens is 411 g/mol. The molecular formula is C17H21BrClFN4O. The molecule has 2 atom stereocenters. The fraction of sp³-hybridized carbons (Fsp3) is 0.353. The van der Waals surface area contributed by atoms with Crippen LogP contribution in [-0.2, 0) is 4.74 Å². The predicted molar refractivity (Wildman–Crippen MR) is 104 cm³/mol. The lowest BCUT2D eigenvalue weighted by Crippen LogP contribution is -2.48. The molecule has 0 radical (unpaired) electrons. The maximum atomic E-state index is 13.2. The largest absolute Gasteiger partial charge is 0.372 e. The van der Waals surface area contributed by atoms with Crippen molar-refractivity contribution in [1.82, 2.24) is 10.2 Å². The zero-order valence-electron chi connectivity index (χ0n) is 14.1. The third-order valence-corrected chi connectivity index (χ3v) is 4.44. The van der Waals surface area contributed by atoms with Gasteiger partial charge in [-0.25, -0.2) is 4.39 Å². The Kier molecular flexibility index (Phi) is 6.87. The number of ether oxygens (including phenoxy) is 1. The zero-order chi connectivity index (χ0) is 18.6. The fourth-order valence-electron chi connectivity index (χ4n) is 2.51. The molecule has 1 aromatic carbocycles. The first-order valence-corrected chi connectivity index (χ1v) is 8.96. The number of anilines is 1. The highest BCUT2D eigenvalue weighted by Crippen LogP contribution is 2.20. The van der Waals surface area contributed by atoms with Crippen LogP contribution in [0.4, 0.5) is 10.1 Å². The third-order valence-electron chi connectivity index (χ3n) is 3.55. The number of rotatable bonds is 5. The molecule has 136 valence electrons. The number of hydrogen-bond donors (Lipinski definition) is 3. The van der Waals surface area contributed by atoms with E-state index in [0.29, 0.717) is 34.9 Å². The molecule has 1 heterocycles. The topological polar surface area (TPSA) is 60.4 Å². The van der Waals surface area contributed by atoms with Gasteiger partial charge in [0.05, 0.1) is 27.5 Å². The van der Waals surface area contributed by atoms with Crippen molar-refractivity contribution in [1.29, 1.82) is 5.41 Å². The van der Waals surface area contributed by atoms with Crippen molar-refractivity contribution in [3.8, 4) is 0 Å². The third kappa shape index (κ3) is 5.73. The van der Waals surface area contributed by atoms with Crippen LogP contribution < -0.4 is 10.6 Å². The summed E-state index contributed by atoms with van der Waals surface area (Å²) in [7, 11) is 0. The van der Waals surface area contributed by atoms with Gasteiger partial charge in [0.1, 0.15) is 11.7 Å². The number of amidine groups is 1. The van der Waals surface area contributed by atoms with Gasteiger partial charge in [-0.3, -0.25) is 5.41 Å². The van der Waals surface area contributed by atoms with Crippen molar-refractivity contribution in [3.63, 3.8) is 0 Å². The molecule has 1 aliphatic rings. The smallest absolute Gasteiger partial charge is 0.141 e. The van der Waals surface area contributed by atoms with Crippen molar-refractivity contribution < 1.29 is 9.13 Å². The minimum absolute atomic E-state index is 0.0341. The summed E-state index contributed by atoms with van der Waals surface area (Å²) in [6.45, 7) is 9.16. The van der Waals surface area contributed by atoms with E-state index < -0.39 is 5.82 Å². The number of benzene rings is 1. The molecule has 0 spiro atoms. The second-order valence-electron chi connectivity index (χ2n) is 5.88. The number of morpholine rings is 1. The minimum Gasteiger partial charge on any atom is -0.372 e. The maximum absolute atomic E-state index is 13.2. The molecule has 5 nitrogen and oxygen atoms in total. The van der Waals surface area contributed by atoms with Crippen LogP contribution in [0.15, 0.2) is 41.3 Å². The number of hydrogen-bond acceptors (Lipinski definition) is 4. The van der Waals surface area contributed by atoms with Gasteiger partial charge in [-0.2, -0.15) is 0 Å². The molecule has 0 aromatic heterocycles. The van der Waals surface area contributed by atoms with Crippen LogP contribution in [0.25, 0.3) is 0 Å². The molecule has 1 fully saturated rings. The normalized spacial score (nSPS) is 21.0. The highest BCUT2D eigenvalue weighted by molar-refractivity contribution is 9.12. The molecule has 2 rings (SSSR count). The molecule has 1 aliphatic heterocycles. The Morgan fingerprint density at radius 3 is 2.68 bits per heavy atom. The first kappa shape index (κ1) is 19.8. The second-order valence-corrected chi connectivity index (χ2v) is 7.14. The molecule has 25 heavy (non-hydrogen) atoms. The SMILES string of the molecule is C=C(NC=C(Br)C(=N)N1CC(C)OC(C)C1)Nc1ccc(F)c(Cl)c1. The van der Waals surface area contributed by atoms with Crippen molar-refractivity contribution >= 4 is 39.1 Å². The summed E-state index contributed by atoms with van der Waals surface area (Å²) in [6, 6.07) is 4.31. The van der Waals surface area contributed by atoms with Gasteiger partial charge in [0.15, 0.2) is 0 Å². The number of nitrogens with one attached hydrogen (secondary N) is 3. The van der Waals surface area contributed by atoms with Crippen LogP contribution in [0.3, 0.4) is 0 Å². The average molecular weight is 432 g/mol. The van der Waals surface area contributed by atoms with Gasteiger partial charge in [0.25, 0.3) is 0 Å². The highest BCUT2D eigenvalue weighted by atomic mass is 79.9. The summed E-state index contributed by atoms with van der Waals surface area (Å²) in [6.07, 6.45) is 1.79. The van der Waals surface area contributed by atoms with E-state index in [0.717, 1.165) is 0 Å². The van der Waals surface area contributed by atoms with Crippen molar-refractivity contribution in [2.45, 2.75) is 26.1 Å². The Morgan fingerprint density at radius 1 is 1.44 bits per heavy atom. The molecule has 2 unspecified atom stereocenters. The van der Waals surface area contributed by atoms with Gasteiger partial charge in [0, 0.05) is 25.0 Å². The van der Waals surface area contributed by atoms with E-state index in [1.807, 2.05) is 18.7 Å². The Morgan fingerprint density at radius 2 is 2.08 bits per heavy atom. The van der Waals surface area contributed by atoms with E-state index in [1.54, 1.807) is 12.3 Å². The predicted octanol–water partition coefficient (Wildman–Crippen LogP) is 4.27. The lowest BCUT2D eigenvalue weighted by Gasteiger charge is -2.36. The summed E-state index contributed by atoms with van der Waals surface area (Å²) in [5.41, 5.74) is 0.610. The summed E-state index contributed by atoms with van der Waals surface area (Å²) < 4.78 is 19.4. The van der Waals surface area contributed by atoms with Gasteiger partial charge < -0.3 is 20.3 Å². The lowest BCUT2D eigenvalue weighted by atomic mass is 10.2. The van der Waals surface area contributed by atoms with Gasteiger partial charge in [-0.15, -0.1) is 0 Å². The van der Waals surface area contributed by atoms with Crippen LogP contribution in [0.2, 0.25) is 5.02 Å². The Bertz CT molecular complexity index is 687. The Labute approximate surface area is 160 Å². The average Bonchev–Trinajstić information content (AvgIpc) is 2.54. The zero-order valence-corrected chi connectivity index (χ0v) is 16.4. The van der Waals surface area contributed by atoms with E-state index >= 15 is 0 Å². The molecule has 0 aliphatic carbocycles. The molecule has 1 aromatic rings. The van der Waals surface area contributed by atoms with E-state index in [2.05, 4.69) is 33.1 Å². The molecule has 1 saturated heterocycles. The molecule has 0 saturated carbocycles. The first-order valence-electron chi connectivity index (χ1n) is 7.78. The molecule has 3 N–H and O–H groups in total. The molecule has 0 amide bonds. The Hall–Kier alpha value is -1.57. The van der Waals surface area contributed by atoms with Gasteiger partial charge in [0.2, 0.25) is 0 Å². The second kappa shape index (κ2) is 8.69. The molecule has 8 heteroatoms. The van der Waals surface area contributed by atoms with Crippen LogP contribution >= 0.6 is 27.5 Å². The van der Waals surface area contributed by atoms with E-state index in [1.165, 1.54) is 12.1 Å². The number of halogens is 3. The van der Waals surface area contributed by atoms with Gasteiger partial charge in [-0.1, -0.05) is 18.2 Å².